The summed E-state index contributed by atoms with van der Waals surface area (Å²) < 4.78 is 5.32. The monoisotopic (exact) mass is 205 g/mol. The summed E-state index contributed by atoms with van der Waals surface area (Å²) >= 11 is 0. The summed E-state index contributed by atoms with van der Waals surface area (Å²) in [5, 5.41) is 0. The highest BCUT2D eigenvalue weighted by atomic mass is 16.5. The third-order valence-electron chi connectivity index (χ3n) is 2.18. The zero-order valence-corrected chi connectivity index (χ0v) is 9.24. The van der Waals surface area contributed by atoms with Crippen molar-refractivity contribution in [3.63, 3.8) is 0 Å². The van der Waals surface area contributed by atoms with Crippen LogP contribution in [0.15, 0.2) is 12.1 Å². The maximum absolute atomic E-state index is 5.32. The summed E-state index contributed by atoms with van der Waals surface area (Å²) in [6, 6.07) is 3.81. The van der Waals surface area contributed by atoms with Crippen molar-refractivity contribution in [2.24, 2.45) is 0 Å². The molecule has 0 aromatic carbocycles. The van der Waals surface area contributed by atoms with Gasteiger partial charge in [-0.25, -0.2) is 4.98 Å². The minimum absolute atomic E-state index is 0.384. The van der Waals surface area contributed by atoms with E-state index in [0.717, 1.165) is 17.0 Å². The van der Waals surface area contributed by atoms with E-state index < -0.39 is 0 Å². The lowest BCUT2D eigenvalue weighted by Gasteiger charge is -1.99. The van der Waals surface area contributed by atoms with Gasteiger partial charge in [-0.15, -0.1) is 0 Å². The Morgan fingerprint density at radius 3 is 2.80 bits per heavy atom. The number of rotatable bonds is 3. The zero-order chi connectivity index (χ0) is 10.8. The van der Waals surface area contributed by atoms with Crippen molar-refractivity contribution in [3.05, 3.63) is 18.0 Å². The molecule has 0 spiro atoms. The Morgan fingerprint density at radius 2 is 2.13 bits per heavy atom. The molecule has 2 aromatic heterocycles. The number of aromatic amines is 1. The van der Waals surface area contributed by atoms with Crippen LogP contribution < -0.4 is 4.74 Å². The van der Waals surface area contributed by atoms with E-state index in [1.54, 1.807) is 0 Å². The summed E-state index contributed by atoms with van der Waals surface area (Å²) in [7, 11) is 0. The van der Waals surface area contributed by atoms with Gasteiger partial charge in [-0.3, -0.25) is 0 Å². The van der Waals surface area contributed by atoms with Crippen molar-refractivity contribution >= 4 is 11.2 Å². The number of pyridine rings is 1. The number of imidazole rings is 1. The second-order valence-corrected chi connectivity index (χ2v) is 3.73. The van der Waals surface area contributed by atoms with Gasteiger partial charge >= 0.3 is 0 Å². The number of H-pyrrole nitrogens is 1. The molecule has 15 heavy (non-hydrogen) atoms. The number of fused-ring (bicyclic) bond motifs is 1. The number of nitrogens with zero attached hydrogens (tertiary/aromatic N) is 2. The first-order chi connectivity index (χ1) is 7.20. The van der Waals surface area contributed by atoms with E-state index in [0.29, 0.717) is 18.4 Å². The van der Waals surface area contributed by atoms with Crippen LogP contribution in [0.2, 0.25) is 0 Å². The van der Waals surface area contributed by atoms with Gasteiger partial charge in [-0.2, -0.15) is 4.98 Å². The zero-order valence-electron chi connectivity index (χ0n) is 9.24. The lowest BCUT2D eigenvalue weighted by molar-refractivity contribution is 0.328. The molecule has 0 fully saturated rings. The molecule has 1 N–H and O–H groups in total. The van der Waals surface area contributed by atoms with Crippen LogP contribution in [0.25, 0.3) is 11.2 Å². The van der Waals surface area contributed by atoms with E-state index in [1.807, 2.05) is 19.1 Å². The summed E-state index contributed by atoms with van der Waals surface area (Å²) in [5.74, 6) is 1.98. The Labute approximate surface area is 88.7 Å². The van der Waals surface area contributed by atoms with Crippen molar-refractivity contribution in [3.8, 4) is 5.88 Å². The minimum Gasteiger partial charge on any atom is -0.478 e. The average molecular weight is 205 g/mol. The van der Waals surface area contributed by atoms with Crippen LogP contribution in [-0.4, -0.2) is 21.6 Å². The van der Waals surface area contributed by atoms with Crippen LogP contribution in [0.4, 0.5) is 0 Å². The highest BCUT2D eigenvalue weighted by molar-refractivity contribution is 5.71. The standard InChI is InChI=1S/C11H15N3O/c1-4-15-9-6-5-8-11(13-9)14-10(12-8)7(2)3/h5-7H,4H2,1-3H3,(H,12,13,14). The van der Waals surface area contributed by atoms with Gasteiger partial charge < -0.3 is 9.72 Å². The van der Waals surface area contributed by atoms with Crippen LogP contribution in [0, 0.1) is 0 Å². The Hall–Kier alpha value is -1.58. The largest absolute Gasteiger partial charge is 0.478 e. The fourth-order valence-corrected chi connectivity index (χ4v) is 1.40. The molecule has 0 unspecified atom stereocenters. The van der Waals surface area contributed by atoms with Crippen LogP contribution >= 0.6 is 0 Å². The average Bonchev–Trinajstić information content (AvgIpc) is 2.61. The maximum atomic E-state index is 5.32. The van der Waals surface area contributed by atoms with E-state index in [2.05, 4.69) is 28.8 Å². The Kier molecular flexibility index (Phi) is 2.58. The number of aromatic nitrogens is 3. The number of hydrogen-bond donors (Lipinski definition) is 1. The molecule has 0 saturated carbocycles. The van der Waals surface area contributed by atoms with Gasteiger partial charge in [0.15, 0.2) is 5.65 Å². The molecular weight excluding hydrogens is 190 g/mol. The second kappa shape index (κ2) is 3.88. The molecule has 0 amide bonds. The second-order valence-electron chi connectivity index (χ2n) is 3.73. The van der Waals surface area contributed by atoms with Crippen molar-refractivity contribution in [2.45, 2.75) is 26.7 Å². The molecule has 0 radical (unpaired) electrons. The Bertz CT molecular complexity index is 462. The summed E-state index contributed by atoms with van der Waals surface area (Å²) in [4.78, 5) is 11.9. The van der Waals surface area contributed by atoms with Gasteiger partial charge in [-0.1, -0.05) is 13.8 Å². The normalized spacial score (nSPS) is 11.2. The molecule has 0 aliphatic carbocycles. The van der Waals surface area contributed by atoms with E-state index in [4.69, 9.17) is 4.74 Å². The number of hydrogen-bond acceptors (Lipinski definition) is 3. The third kappa shape index (κ3) is 1.93. The quantitative estimate of drug-likeness (QED) is 0.837. The highest BCUT2D eigenvalue weighted by Crippen LogP contribution is 2.18. The van der Waals surface area contributed by atoms with Crippen LogP contribution in [0.3, 0.4) is 0 Å². The molecular formula is C11H15N3O. The van der Waals surface area contributed by atoms with E-state index in [1.165, 1.54) is 0 Å². The Morgan fingerprint density at radius 1 is 1.33 bits per heavy atom. The van der Waals surface area contributed by atoms with E-state index in [-0.39, 0.29) is 0 Å². The van der Waals surface area contributed by atoms with Gasteiger partial charge in [-0.05, 0) is 13.0 Å². The number of nitrogens with one attached hydrogen (secondary N) is 1. The molecule has 2 rings (SSSR count). The molecule has 0 saturated heterocycles. The SMILES string of the molecule is CCOc1ccc2[nH]c(C(C)C)nc2n1. The van der Waals surface area contributed by atoms with Crippen LogP contribution in [0.5, 0.6) is 5.88 Å². The fraction of sp³-hybridized carbons (Fsp3) is 0.455. The van der Waals surface area contributed by atoms with Gasteiger partial charge in [0.25, 0.3) is 0 Å². The van der Waals surface area contributed by atoms with Gasteiger partial charge in [0.2, 0.25) is 5.88 Å². The Balaban J connectivity index is 2.43. The number of ether oxygens (including phenoxy) is 1. The molecule has 4 heteroatoms. The molecule has 2 heterocycles. The molecule has 0 aliphatic heterocycles. The fourth-order valence-electron chi connectivity index (χ4n) is 1.40. The predicted octanol–water partition coefficient (Wildman–Crippen LogP) is 2.48. The maximum Gasteiger partial charge on any atom is 0.215 e. The summed E-state index contributed by atoms with van der Waals surface area (Å²) in [6.07, 6.45) is 0. The van der Waals surface area contributed by atoms with Crippen molar-refractivity contribution in [2.75, 3.05) is 6.61 Å². The molecule has 4 nitrogen and oxygen atoms in total. The molecule has 2 aromatic rings. The van der Waals surface area contributed by atoms with Gasteiger partial charge in [0.1, 0.15) is 5.82 Å². The van der Waals surface area contributed by atoms with E-state index >= 15 is 0 Å². The highest BCUT2D eigenvalue weighted by Gasteiger charge is 2.07. The van der Waals surface area contributed by atoms with Crippen LogP contribution in [0.1, 0.15) is 32.5 Å². The van der Waals surface area contributed by atoms with Crippen molar-refractivity contribution in [1.82, 2.24) is 15.0 Å². The van der Waals surface area contributed by atoms with Crippen LogP contribution in [-0.2, 0) is 0 Å². The minimum atomic E-state index is 0.384. The molecule has 0 bridgehead atoms. The molecule has 80 valence electrons. The van der Waals surface area contributed by atoms with E-state index in [9.17, 15) is 0 Å². The topological polar surface area (TPSA) is 50.8 Å². The van der Waals surface area contributed by atoms with Gasteiger partial charge in [0.05, 0.1) is 12.1 Å². The van der Waals surface area contributed by atoms with Gasteiger partial charge in [0, 0.05) is 12.0 Å². The summed E-state index contributed by atoms with van der Waals surface area (Å²) in [5.41, 5.74) is 1.69. The molecule has 0 aliphatic rings. The first kappa shape index (κ1) is 9.96. The lowest BCUT2D eigenvalue weighted by Crippen LogP contribution is -1.93. The third-order valence-corrected chi connectivity index (χ3v) is 2.18. The lowest BCUT2D eigenvalue weighted by atomic mass is 10.2. The molecule has 0 atom stereocenters. The first-order valence-electron chi connectivity index (χ1n) is 5.20. The smallest absolute Gasteiger partial charge is 0.215 e. The first-order valence-corrected chi connectivity index (χ1v) is 5.20. The van der Waals surface area contributed by atoms with Crippen molar-refractivity contribution in [1.29, 1.82) is 0 Å². The predicted molar refractivity (Wildman–Crippen MR) is 59.1 cm³/mol. The summed E-state index contributed by atoms with van der Waals surface area (Å²) in [6.45, 7) is 6.76. The van der Waals surface area contributed by atoms with Crippen molar-refractivity contribution < 1.29 is 4.74 Å².